The van der Waals surface area contributed by atoms with Gasteiger partial charge in [-0.1, -0.05) is 18.5 Å². The Bertz CT molecular complexity index is 1630. The lowest BCUT2D eigenvalue weighted by atomic mass is 10.1. The fourth-order valence-corrected chi connectivity index (χ4v) is 6.97. The van der Waals surface area contributed by atoms with E-state index in [1.165, 1.54) is 16.4 Å². The number of hydrogen-bond acceptors (Lipinski definition) is 10. The Hall–Kier alpha value is -3.11. The molecule has 11 nitrogen and oxygen atoms in total. The number of hydrogen-bond donors (Lipinski definition) is 3. The molecule has 0 bridgehead atoms. The van der Waals surface area contributed by atoms with Gasteiger partial charge in [-0.3, -0.25) is 14.5 Å². The zero-order chi connectivity index (χ0) is 29.7. The highest BCUT2D eigenvalue weighted by molar-refractivity contribution is 7.89. The minimum atomic E-state index is -4.70. The number of aromatic hydroxyl groups is 1. The summed E-state index contributed by atoms with van der Waals surface area (Å²) in [6, 6.07) is 3.53. The molecule has 2 aliphatic rings. The van der Waals surface area contributed by atoms with Gasteiger partial charge in [0.2, 0.25) is 15.8 Å². The number of nitrogens with one attached hydrogen (secondary N) is 2. The molecule has 222 valence electrons. The molecule has 41 heavy (non-hydrogen) atoms. The van der Waals surface area contributed by atoms with E-state index in [1.54, 1.807) is 6.92 Å². The van der Waals surface area contributed by atoms with Crippen LogP contribution in [0, 0.1) is 0 Å². The van der Waals surface area contributed by atoms with Crippen LogP contribution in [-0.2, 0) is 20.9 Å². The number of anilines is 3. The predicted octanol–water partition coefficient (Wildman–Crippen LogP) is 3.61. The van der Waals surface area contributed by atoms with Crippen LogP contribution in [0.2, 0.25) is 5.02 Å². The molecule has 3 aromatic rings. The number of phenols is 1. The molecule has 0 aliphatic carbocycles. The lowest BCUT2D eigenvalue weighted by molar-refractivity contribution is -0.153. The Balaban J connectivity index is 1.41. The van der Waals surface area contributed by atoms with Gasteiger partial charge in [0.05, 0.1) is 36.6 Å². The minimum absolute atomic E-state index is 0.0806. The van der Waals surface area contributed by atoms with Crippen LogP contribution in [0.4, 0.5) is 30.2 Å². The summed E-state index contributed by atoms with van der Waals surface area (Å²) < 4.78 is 77.7. The van der Waals surface area contributed by atoms with Gasteiger partial charge in [0, 0.05) is 19.1 Å². The lowest BCUT2D eigenvalue weighted by Gasteiger charge is -2.43. The second-order valence-corrected chi connectivity index (χ2v) is 12.0. The van der Waals surface area contributed by atoms with E-state index in [-0.39, 0.29) is 53.5 Å². The van der Waals surface area contributed by atoms with Crippen LogP contribution >= 0.6 is 11.6 Å². The predicted molar refractivity (Wildman–Crippen MR) is 143 cm³/mol. The van der Waals surface area contributed by atoms with Crippen molar-refractivity contribution in [3.8, 4) is 5.75 Å². The second kappa shape index (κ2) is 10.9. The van der Waals surface area contributed by atoms with Crippen LogP contribution in [0.15, 0.2) is 43.2 Å². The lowest BCUT2D eigenvalue weighted by Crippen LogP contribution is -2.56. The van der Waals surface area contributed by atoms with Crippen molar-refractivity contribution in [2.24, 2.45) is 0 Å². The summed E-state index contributed by atoms with van der Waals surface area (Å²) in [6.07, 6.45) is -3.99. The third kappa shape index (κ3) is 5.44. The van der Waals surface area contributed by atoms with Gasteiger partial charge in [-0.2, -0.15) is 17.5 Å². The molecule has 1 aromatic heterocycles. The van der Waals surface area contributed by atoms with E-state index in [2.05, 4.69) is 10.6 Å². The molecule has 3 heterocycles. The number of furan rings is 1. The van der Waals surface area contributed by atoms with Crippen molar-refractivity contribution in [3.63, 3.8) is 0 Å². The number of morpholine rings is 1. The third-order valence-corrected chi connectivity index (χ3v) is 9.56. The van der Waals surface area contributed by atoms with E-state index in [4.69, 9.17) is 20.8 Å². The molecule has 2 aliphatic heterocycles. The van der Waals surface area contributed by atoms with Crippen LogP contribution in [0.25, 0.3) is 0 Å². The molecular weight excluding hydrogens is 593 g/mol. The fourth-order valence-electron chi connectivity index (χ4n) is 4.95. The van der Waals surface area contributed by atoms with Crippen molar-refractivity contribution < 1.29 is 35.8 Å². The Morgan fingerprint density at radius 3 is 2.56 bits per heavy atom. The maximum absolute atomic E-state index is 13.6. The molecular formula is C25H26ClF3N4O7S. The van der Waals surface area contributed by atoms with Crippen molar-refractivity contribution in [1.82, 2.24) is 9.21 Å². The first-order valence-electron chi connectivity index (χ1n) is 12.7. The first-order valence-corrected chi connectivity index (χ1v) is 14.5. The average molecular weight is 619 g/mol. The number of ether oxygens (including phenoxy) is 1. The van der Waals surface area contributed by atoms with Gasteiger partial charge in [-0.15, -0.1) is 0 Å². The molecule has 5 rings (SSSR count). The molecule has 16 heteroatoms. The zero-order valence-electron chi connectivity index (χ0n) is 21.6. The van der Waals surface area contributed by atoms with Crippen LogP contribution < -0.4 is 21.5 Å². The normalized spacial score (nSPS) is 19.7. The summed E-state index contributed by atoms with van der Waals surface area (Å²) in [5.74, 6) is -2.08. The smallest absolute Gasteiger partial charge is 0.449 e. The highest BCUT2D eigenvalue weighted by atomic mass is 35.5. The quantitative estimate of drug-likeness (QED) is 0.253. The highest BCUT2D eigenvalue weighted by Gasteiger charge is 2.39. The van der Waals surface area contributed by atoms with E-state index < -0.39 is 49.5 Å². The van der Waals surface area contributed by atoms with E-state index in [1.807, 2.05) is 4.90 Å². The fraction of sp³-hybridized carbons (Fsp3) is 0.440. The first kappa shape index (κ1) is 29.4. The van der Waals surface area contributed by atoms with E-state index in [0.717, 1.165) is 12.1 Å². The summed E-state index contributed by atoms with van der Waals surface area (Å²) >= 11 is 6.23. The molecule has 0 saturated carbocycles. The molecule has 0 amide bonds. The van der Waals surface area contributed by atoms with Crippen molar-refractivity contribution in [2.45, 2.75) is 42.9 Å². The highest BCUT2D eigenvalue weighted by Crippen LogP contribution is 2.41. The third-order valence-electron chi connectivity index (χ3n) is 7.23. The van der Waals surface area contributed by atoms with Gasteiger partial charge in [-0.25, -0.2) is 8.42 Å². The molecule has 0 unspecified atom stereocenters. The van der Waals surface area contributed by atoms with Crippen LogP contribution in [0.3, 0.4) is 0 Å². The average Bonchev–Trinajstić information content (AvgIpc) is 3.44. The Morgan fingerprint density at radius 2 is 1.88 bits per heavy atom. The maximum Gasteiger partial charge on any atom is 0.449 e. The number of rotatable bonds is 8. The Kier molecular flexibility index (Phi) is 7.84. The van der Waals surface area contributed by atoms with Gasteiger partial charge < -0.3 is 24.9 Å². The molecule has 0 radical (unpaired) electrons. The number of phenolic OH excluding ortho intramolecular Hbond substituents is 1. The molecule has 2 saturated heterocycles. The molecule has 0 spiro atoms. The molecule has 2 aromatic carbocycles. The zero-order valence-corrected chi connectivity index (χ0v) is 23.2. The standard InChI is InChI=1S/C25H26ClF3N4O7S/c1-2-15(17-5-6-18(40-17)25(27,28)29)30-19-20(23(36)22(19)35)31-16-4-3-14(26)24(21(16)34)41(37,38)33-8-7-13-11-39-10-9-32(13)12-33/h3-6,13,15,30-31,34H,2,7-12H2,1H3/t13-,15-/m1/s1. The van der Waals surface area contributed by atoms with Crippen molar-refractivity contribution in [1.29, 1.82) is 0 Å². The van der Waals surface area contributed by atoms with Crippen LogP contribution in [0.1, 0.15) is 37.3 Å². The van der Waals surface area contributed by atoms with Crippen molar-refractivity contribution in [3.05, 3.63) is 61.3 Å². The van der Waals surface area contributed by atoms with E-state index in [9.17, 15) is 36.3 Å². The number of sulfonamides is 1. The maximum atomic E-state index is 13.6. The van der Waals surface area contributed by atoms with Crippen LogP contribution in [-0.4, -0.2) is 61.7 Å². The van der Waals surface area contributed by atoms with Crippen molar-refractivity contribution >= 4 is 38.7 Å². The van der Waals surface area contributed by atoms with Crippen LogP contribution in [0.5, 0.6) is 5.75 Å². The summed E-state index contributed by atoms with van der Waals surface area (Å²) in [7, 11) is -4.29. The SMILES string of the molecule is CC[C@@H](Nc1c(Nc2ccc(Cl)c(S(=O)(=O)N3CC[C@@H]4COCCN4C3)c2O)c(=O)c1=O)c1ccc(C(F)(F)F)o1. The van der Waals surface area contributed by atoms with Gasteiger partial charge >= 0.3 is 6.18 Å². The van der Waals surface area contributed by atoms with E-state index >= 15 is 0 Å². The largest absolute Gasteiger partial charge is 0.504 e. The molecule has 3 N–H and O–H groups in total. The number of alkyl halides is 3. The Labute approximate surface area is 237 Å². The van der Waals surface area contributed by atoms with Gasteiger partial charge in [0.15, 0.2) is 5.75 Å². The minimum Gasteiger partial charge on any atom is -0.504 e. The van der Waals surface area contributed by atoms with E-state index in [0.29, 0.717) is 26.2 Å². The van der Waals surface area contributed by atoms with Gasteiger partial charge in [0.25, 0.3) is 10.9 Å². The van der Waals surface area contributed by atoms with Crippen molar-refractivity contribution in [2.75, 3.05) is 43.6 Å². The topological polar surface area (TPSA) is 141 Å². The number of fused-ring (bicyclic) bond motifs is 1. The van der Waals surface area contributed by atoms with Gasteiger partial charge in [-0.05, 0) is 37.1 Å². The molecule has 2 fully saturated rings. The number of benzene rings is 1. The van der Waals surface area contributed by atoms with Gasteiger partial charge in [0.1, 0.15) is 22.0 Å². The summed E-state index contributed by atoms with van der Waals surface area (Å²) in [6.45, 7) is 3.40. The Morgan fingerprint density at radius 1 is 1.15 bits per heavy atom. The summed E-state index contributed by atoms with van der Waals surface area (Å²) in [5, 5.41) is 16.1. The second-order valence-electron chi connectivity index (χ2n) is 9.76. The number of halogens is 4. The summed E-state index contributed by atoms with van der Waals surface area (Å²) in [5.41, 5.74) is -2.67. The summed E-state index contributed by atoms with van der Waals surface area (Å²) in [4.78, 5) is 26.2. The molecule has 2 atom stereocenters. The monoisotopic (exact) mass is 618 g/mol. The number of nitrogens with zero attached hydrogens (tertiary/aromatic N) is 2. The first-order chi connectivity index (χ1) is 19.3.